The monoisotopic (exact) mass is 543 g/mol. The van der Waals surface area contributed by atoms with Crippen molar-refractivity contribution >= 4 is 49.6 Å². The Morgan fingerprint density at radius 2 is 1.78 bits per heavy atom. The molecule has 1 aliphatic rings. The largest absolute Gasteiger partial charge is 0.462 e. The van der Waals surface area contributed by atoms with E-state index >= 15 is 0 Å². The molecule has 0 saturated heterocycles. The predicted octanol–water partition coefficient (Wildman–Crippen LogP) is 5.26. The van der Waals surface area contributed by atoms with Crippen molar-refractivity contribution in [1.29, 1.82) is 0 Å². The second-order valence-corrected chi connectivity index (χ2v) is 12.5. The molecule has 0 radical (unpaired) electrons. The van der Waals surface area contributed by atoms with E-state index in [4.69, 9.17) is 4.74 Å². The topological polar surface area (TPSA) is 107 Å². The lowest BCUT2D eigenvalue weighted by molar-refractivity contribution is -0.109. The first-order chi connectivity index (χ1) is 17.7. The molecule has 1 aromatic carbocycles. The molecule has 8 nitrogen and oxygen atoms in total. The number of thioether (sulfide) groups is 1. The van der Waals surface area contributed by atoms with Crippen molar-refractivity contribution in [2.45, 2.75) is 51.3 Å². The van der Waals surface area contributed by atoms with E-state index in [9.17, 15) is 18.0 Å². The van der Waals surface area contributed by atoms with Crippen LogP contribution < -0.4 is 5.32 Å². The van der Waals surface area contributed by atoms with Gasteiger partial charge in [0.1, 0.15) is 5.56 Å². The van der Waals surface area contributed by atoms with Gasteiger partial charge < -0.3 is 10.1 Å². The third-order valence-corrected chi connectivity index (χ3v) is 9.54. The van der Waals surface area contributed by atoms with Gasteiger partial charge >= 0.3 is 5.97 Å². The van der Waals surface area contributed by atoms with Gasteiger partial charge in [-0.25, -0.2) is 22.2 Å². The number of nitrogens with zero attached hydrogens (tertiary/aromatic N) is 2. The van der Waals surface area contributed by atoms with Gasteiger partial charge in [0.05, 0.1) is 17.2 Å². The highest BCUT2D eigenvalue weighted by Gasteiger charge is 2.26. The van der Waals surface area contributed by atoms with Crippen LogP contribution in [0.25, 0.3) is 11.0 Å². The quantitative estimate of drug-likeness (QED) is 0.364. The Bertz CT molecular complexity index is 1380. The van der Waals surface area contributed by atoms with Crippen molar-refractivity contribution in [3.63, 3.8) is 0 Å². The van der Waals surface area contributed by atoms with E-state index in [2.05, 4.69) is 10.3 Å². The molecule has 0 spiro atoms. The Kier molecular flexibility index (Phi) is 8.59. The number of hydrogen-bond acceptors (Lipinski definition) is 8. The minimum absolute atomic E-state index is 0.160. The van der Waals surface area contributed by atoms with Gasteiger partial charge in [-0.05, 0) is 69.6 Å². The molecule has 4 rings (SSSR count). The number of ether oxygens (including phenoxy) is 1. The first kappa shape index (κ1) is 27.2. The van der Waals surface area contributed by atoms with Crippen LogP contribution in [0.4, 0.5) is 5.69 Å². The number of aryl methyl sites for hydroxylation is 1. The summed E-state index contributed by atoms with van der Waals surface area (Å²) in [5.74, 6) is 1.33. The van der Waals surface area contributed by atoms with Crippen molar-refractivity contribution in [1.82, 2.24) is 8.96 Å². The van der Waals surface area contributed by atoms with Crippen LogP contribution in [0.3, 0.4) is 0 Å². The van der Waals surface area contributed by atoms with Gasteiger partial charge in [-0.3, -0.25) is 4.79 Å². The molecule has 1 fully saturated rings. The number of carbonyl (C=O) groups excluding carboxylic acids is 2. The molecule has 198 valence electrons. The third kappa shape index (κ3) is 6.18. The molecule has 2 aromatic heterocycles. The Labute approximate surface area is 222 Å². The first-order valence-electron chi connectivity index (χ1n) is 12.6. The SMILES string of the molecule is CCOC(=O)c1cnc2c(ccn2S(=O)(=O)c2ccc(C)cc2)c1NCC1CCC(CSC(C)=O)CC1. The lowest BCUT2D eigenvalue weighted by Gasteiger charge is -2.28. The standard InChI is InChI=1S/C27H33N3O5S2/c1-4-35-27(32)24-16-29-26-23(13-14-30(26)37(33,34)22-11-5-18(2)6-12-22)25(24)28-15-20-7-9-21(10-8-20)17-36-19(3)31/h5-6,11-14,16,20-21H,4,7-10,15,17H2,1-3H3,(H,28,29). The smallest absolute Gasteiger partial charge is 0.341 e. The number of nitrogens with one attached hydrogen (secondary N) is 1. The lowest BCUT2D eigenvalue weighted by atomic mass is 9.83. The molecule has 0 aliphatic heterocycles. The Morgan fingerprint density at radius 1 is 1.11 bits per heavy atom. The third-order valence-electron chi connectivity index (χ3n) is 6.81. The molecule has 3 aromatic rings. The highest BCUT2D eigenvalue weighted by Crippen LogP contribution is 2.34. The predicted molar refractivity (Wildman–Crippen MR) is 147 cm³/mol. The van der Waals surface area contributed by atoms with E-state index in [-0.39, 0.29) is 27.8 Å². The van der Waals surface area contributed by atoms with E-state index < -0.39 is 16.0 Å². The highest BCUT2D eigenvalue weighted by molar-refractivity contribution is 8.13. The number of esters is 1. The fraction of sp³-hybridized carbons (Fsp3) is 0.444. The zero-order valence-electron chi connectivity index (χ0n) is 21.4. The molecule has 0 amide bonds. The number of benzene rings is 1. The van der Waals surface area contributed by atoms with Gasteiger partial charge in [-0.1, -0.05) is 29.5 Å². The Hall–Kier alpha value is -2.85. The van der Waals surface area contributed by atoms with Gasteiger partial charge in [-0.2, -0.15) is 0 Å². The highest BCUT2D eigenvalue weighted by atomic mass is 32.2. The number of hydrogen-bond donors (Lipinski definition) is 1. The van der Waals surface area contributed by atoms with Crippen molar-refractivity contribution in [3.8, 4) is 0 Å². The maximum atomic E-state index is 13.4. The van der Waals surface area contributed by atoms with Crippen LogP contribution in [0.1, 0.15) is 55.5 Å². The fourth-order valence-corrected chi connectivity index (χ4v) is 6.82. The number of aromatic nitrogens is 2. The maximum Gasteiger partial charge on any atom is 0.341 e. The van der Waals surface area contributed by atoms with Gasteiger partial charge in [0.25, 0.3) is 10.0 Å². The second kappa shape index (κ2) is 11.7. The van der Waals surface area contributed by atoms with Gasteiger partial charge in [0, 0.05) is 37.0 Å². The summed E-state index contributed by atoms with van der Waals surface area (Å²) in [4.78, 5) is 28.5. The molecule has 1 saturated carbocycles. The lowest BCUT2D eigenvalue weighted by Crippen LogP contribution is -2.23. The van der Waals surface area contributed by atoms with Gasteiger partial charge in [0.2, 0.25) is 0 Å². The number of anilines is 1. The molecule has 10 heteroatoms. The van der Waals surface area contributed by atoms with E-state index in [1.807, 2.05) is 6.92 Å². The van der Waals surface area contributed by atoms with Crippen molar-refractivity contribution in [2.24, 2.45) is 11.8 Å². The molecule has 37 heavy (non-hydrogen) atoms. The molecular formula is C27H33N3O5S2. The summed E-state index contributed by atoms with van der Waals surface area (Å²) in [5, 5.41) is 4.14. The molecule has 0 unspecified atom stereocenters. The van der Waals surface area contributed by atoms with Gasteiger partial charge in [-0.15, -0.1) is 0 Å². The van der Waals surface area contributed by atoms with Gasteiger partial charge in [0.15, 0.2) is 10.8 Å². The van der Waals surface area contributed by atoms with E-state index in [0.29, 0.717) is 29.5 Å². The van der Waals surface area contributed by atoms with Crippen LogP contribution >= 0.6 is 11.8 Å². The van der Waals surface area contributed by atoms with Crippen molar-refractivity contribution in [3.05, 3.63) is 53.9 Å². The summed E-state index contributed by atoms with van der Waals surface area (Å²) < 4.78 is 33.2. The summed E-state index contributed by atoms with van der Waals surface area (Å²) in [5.41, 5.74) is 2.04. The van der Waals surface area contributed by atoms with E-state index in [1.165, 1.54) is 24.2 Å². The fourth-order valence-electron chi connectivity index (χ4n) is 4.72. The minimum Gasteiger partial charge on any atom is -0.462 e. The van der Waals surface area contributed by atoms with Crippen LogP contribution in [-0.4, -0.2) is 47.4 Å². The number of pyridine rings is 1. The maximum absolute atomic E-state index is 13.4. The number of carbonyl (C=O) groups is 2. The molecule has 0 bridgehead atoms. The van der Waals surface area contributed by atoms with Crippen LogP contribution in [0.2, 0.25) is 0 Å². The first-order valence-corrected chi connectivity index (χ1v) is 15.0. The van der Waals surface area contributed by atoms with Crippen LogP contribution in [0, 0.1) is 18.8 Å². The minimum atomic E-state index is -3.87. The number of fused-ring (bicyclic) bond motifs is 1. The molecule has 0 atom stereocenters. The normalized spacial score (nSPS) is 18.0. The average Bonchev–Trinajstić information content (AvgIpc) is 3.32. The summed E-state index contributed by atoms with van der Waals surface area (Å²) in [7, 11) is -3.87. The van der Waals surface area contributed by atoms with Crippen molar-refractivity contribution < 1.29 is 22.7 Å². The van der Waals surface area contributed by atoms with Crippen LogP contribution in [-0.2, 0) is 19.6 Å². The summed E-state index contributed by atoms with van der Waals surface area (Å²) in [6.07, 6.45) is 7.05. The second-order valence-electron chi connectivity index (χ2n) is 9.50. The summed E-state index contributed by atoms with van der Waals surface area (Å²) in [6, 6.07) is 8.34. The molecular weight excluding hydrogens is 510 g/mol. The van der Waals surface area contributed by atoms with E-state index in [1.54, 1.807) is 44.2 Å². The molecule has 1 N–H and O–H groups in total. The summed E-state index contributed by atoms with van der Waals surface area (Å²) in [6.45, 7) is 6.12. The Morgan fingerprint density at radius 3 is 2.43 bits per heavy atom. The van der Waals surface area contributed by atoms with Crippen molar-refractivity contribution in [2.75, 3.05) is 24.2 Å². The van der Waals surface area contributed by atoms with E-state index in [0.717, 1.165) is 41.0 Å². The average molecular weight is 544 g/mol. The van der Waals surface area contributed by atoms with Crippen LogP contribution in [0.15, 0.2) is 47.6 Å². The zero-order chi connectivity index (χ0) is 26.6. The molecule has 1 aliphatic carbocycles. The molecule has 2 heterocycles. The Balaban J connectivity index is 1.60. The number of rotatable bonds is 9. The van der Waals surface area contributed by atoms with Crippen LogP contribution in [0.5, 0.6) is 0 Å². The zero-order valence-corrected chi connectivity index (χ0v) is 23.0. The summed E-state index contributed by atoms with van der Waals surface area (Å²) >= 11 is 1.40.